The predicted octanol–water partition coefficient (Wildman–Crippen LogP) is 3.33. The largest absolute Gasteiger partial charge is 0.370 e. The summed E-state index contributed by atoms with van der Waals surface area (Å²) in [5.41, 5.74) is 2.96. The first-order chi connectivity index (χ1) is 13.8. The number of hydrogen-bond acceptors (Lipinski definition) is 4. The highest BCUT2D eigenvalue weighted by molar-refractivity contribution is 9.10. The quantitative estimate of drug-likeness (QED) is 0.687. The highest BCUT2D eigenvalue weighted by Crippen LogP contribution is 2.24. The summed E-state index contributed by atoms with van der Waals surface area (Å²) in [5, 5.41) is 0. The Kier molecular flexibility index (Phi) is 7.10. The molecule has 0 radical (unpaired) electrons. The molecule has 1 heterocycles. The van der Waals surface area contributed by atoms with Crippen LogP contribution in [-0.2, 0) is 19.6 Å². The fourth-order valence-corrected chi connectivity index (χ4v) is 4.55. The van der Waals surface area contributed by atoms with Crippen LogP contribution in [-0.4, -0.2) is 45.5 Å². The van der Waals surface area contributed by atoms with Crippen molar-refractivity contribution in [3.63, 3.8) is 0 Å². The van der Waals surface area contributed by atoms with Gasteiger partial charge in [0.2, 0.25) is 15.9 Å². The van der Waals surface area contributed by atoms with Gasteiger partial charge in [0.05, 0.1) is 18.0 Å². The molecule has 1 fully saturated rings. The summed E-state index contributed by atoms with van der Waals surface area (Å²) in [6.07, 6.45) is -0.0649. The van der Waals surface area contributed by atoms with Crippen molar-refractivity contribution in [3.05, 3.63) is 63.6 Å². The van der Waals surface area contributed by atoms with E-state index in [-0.39, 0.29) is 29.9 Å². The molecule has 1 saturated heterocycles. The first-order valence-electron chi connectivity index (χ1n) is 9.48. The highest BCUT2D eigenvalue weighted by Gasteiger charge is 2.25. The van der Waals surface area contributed by atoms with Gasteiger partial charge in [-0.2, -0.15) is 0 Å². The molecule has 1 aliphatic heterocycles. The smallest absolute Gasteiger partial charge is 0.240 e. The lowest BCUT2D eigenvalue weighted by Gasteiger charge is -2.33. The van der Waals surface area contributed by atoms with Crippen LogP contribution in [0, 0.1) is 13.8 Å². The number of morpholine rings is 1. The first kappa shape index (κ1) is 22.0. The van der Waals surface area contributed by atoms with Gasteiger partial charge in [-0.25, -0.2) is 13.1 Å². The molecule has 1 atom stereocenters. The highest BCUT2D eigenvalue weighted by atomic mass is 79.9. The molecule has 0 aliphatic carbocycles. The summed E-state index contributed by atoms with van der Waals surface area (Å²) in [4.78, 5) is 14.5. The van der Waals surface area contributed by atoms with E-state index in [0.717, 1.165) is 21.2 Å². The van der Waals surface area contributed by atoms with Crippen molar-refractivity contribution in [1.82, 2.24) is 9.62 Å². The van der Waals surface area contributed by atoms with Crippen LogP contribution in [0.15, 0.2) is 51.8 Å². The van der Waals surface area contributed by atoms with E-state index in [4.69, 9.17) is 4.74 Å². The predicted molar refractivity (Wildman–Crippen MR) is 115 cm³/mol. The van der Waals surface area contributed by atoms with E-state index in [1.807, 2.05) is 38.1 Å². The van der Waals surface area contributed by atoms with Crippen LogP contribution in [0.2, 0.25) is 0 Å². The lowest BCUT2D eigenvalue weighted by Crippen LogP contribution is -2.43. The SMILES string of the molecule is Cc1ccc(S(=O)(=O)NCCC(=O)N2CCOC(c3ccc(Br)cc3)C2)cc1C. The average Bonchev–Trinajstić information content (AvgIpc) is 2.70. The molecule has 1 aliphatic rings. The van der Waals surface area contributed by atoms with Gasteiger partial charge in [0.1, 0.15) is 6.10 Å². The van der Waals surface area contributed by atoms with Crippen molar-refractivity contribution in [2.45, 2.75) is 31.3 Å². The molecule has 0 saturated carbocycles. The molecule has 8 heteroatoms. The molecule has 0 bridgehead atoms. The maximum Gasteiger partial charge on any atom is 0.240 e. The lowest BCUT2D eigenvalue weighted by molar-refractivity contribution is -0.138. The molecule has 6 nitrogen and oxygen atoms in total. The minimum atomic E-state index is -3.63. The number of nitrogens with zero attached hydrogens (tertiary/aromatic N) is 1. The Morgan fingerprint density at radius 3 is 2.59 bits per heavy atom. The number of carbonyl (C=O) groups is 1. The topological polar surface area (TPSA) is 75.7 Å². The van der Waals surface area contributed by atoms with Crippen molar-refractivity contribution < 1.29 is 17.9 Å². The summed E-state index contributed by atoms with van der Waals surface area (Å²) in [7, 11) is -3.63. The number of carbonyl (C=O) groups excluding carboxylic acids is 1. The number of ether oxygens (including phenoxy) is 1. The molecule has 0 spiro atoms. The van der Waals surface area contributed by atoms with E-state index in [1.165, 1.54) is 0 Å². The zero-order chi connectivity index (χ0) is 21.0. The van der Waals surface area contributed by atoms with Gasteiger partial charge in [-0.3, -0.25) is 4.79 Å². The van der Waals surface area contributed by atoms with Gasteiger partial charge in [-0.15, -0.1) is 0 Å². The molecule has 1 amide bonds. The van der Waals surface area contributed by atoms with E-state index >= 15 is 0 Å². The van der Waals surface area contributed by atoms with Gasteiger partial charge in [-0.1, -0.05) is 34.1 Å². The normalized spacial score (nSPS) is 17.3. The maximum atomic E-state index is 12.6. The van der Waals surface area contributed by atoms with E-state index in [2.05, 4.69) is 20.7 Å². The first-order valence-corrected chi connectivity index (χ1v) is 11.8. The zero-order valence-corrected chi connectivity index (χ0v) is 18.9. The third kappa shape index (κ3) is 5.66. The number of hydrogen-bond donors (Lipinski definition) is 1. The molecule has 0 aromatic heterocycles. The Hall–Kier alpha value is -1.74. The summed E-state index contributed by atoms with van der Waals surface area (Å²) in [5.74, 6) is -0.0850. The number of aryl methyl sites for hydroxylation is 2. The standard InChI is InChI=1S/C21H25BrN2O4S/c1-15-3-8-19(13-16(15)2)29(26,27)23-10-9-21(25)24-11-12-28-20(14-24)17-4-6-18(22)7-5-17/h3-8,13,20,23H,9-12,14H2,1-2H3. The second-order valence-electron chi connectivity index (χ2n) is 7.14. The molecule has 156 valence electrons. The summed E-state index contributed by atoms with van der Waals surface area (Å²) >= 11 is 3.41. The fraction of sp³-hybridized carbons (Fsp3) is 0.381. The van der Waals surface area contributed by atoms with Crippen molar-refractivity contribution in [2.75, 3.05) is 26.2 Å². The summed E-state index contributed by atoms with van der Waals surface area (Å²) in [6, 6.07) is 12.8. The Bertz CT molecular complexity index is 977. The third-order valence-electron chi connectivity index (χ3n) is 5.08. The number of nitrogens with one attached hydrogen (secondary N) is 1. The monoisotopic (exact) mass is 480 g/mol. The van der Waals surface area contributed by atoms with Crippen LogP contribution in [0.1, 0.15) is 29.2 Å². The number of sulfonamides is 1. The van der Waals surface area contributed by atoms with Crippen LogP contribution in [0.25, 0.3) is 0 Å². The van der Waals surface area contributed by atoms with Crippen molar-refractivity contribution in [1.29, 1.82) is 0 Å². The van der Waals surface area contributed by atoms with Crippen molar-refractivity contribution >= 4 is 31.9 Å². The Morgan fingerprint density at radius 1 is 1.17 bits per heavy atom. The summed E-state index contributed by atoms with van der Waals surface area (Å²) < 4.78 is 34.2. The molecule has 29 heavy (non-hydrogen) atoms. The fourth-order valence-electron chi connectivity index (χ4n) is 3.17. The molecule has 2 aromatic carbocycles. The third-order valence-corrected chi connectivity index (χ3v) is 7.07. The van der Waals surface area contributed by atoms with Gasteiger partial charge >= 0.3 is 0 Å². The summed E-state index contributed by atoms with van der Waals surface area (Å²) in [6.45, 7) is 5.30. The Labute approximate surface area is 180 Å². The molecular formula is C21H25BrN2O4S. The molecular weight excluding hydrogens is 456 g/mol. The van der Waals surface area contributed by atoms with Crippen LogP contribution in [0.5, 0.6) is 0 Å². The molecule has 2 aromatic rings. The number of benzene rings is 2. The van der Waals surface area contributed by atoms with E-state index in [0.29, 0.717) is 19.7 Å². The van der Waals surface area contributed by atoms with E-state index in [9.17, 15) is 13.2 Å². The molecule has 3 rings (SSSR count). The average molecular weight is 481 g/mol. The lowest BCUT2D eigenvalue weighted by atomic mass is 10.1. The van der Waals surface area contributed by atoms with E-state index in [1.54, 1.807) is 23.1 Å². The van der Waals surface area contributed by atoms with Crippen molar-refractivity contribution in [3.8, 4) is 0 Å². The maximum absolute atomic E-state index is 12.6. The zero-order valence-electron chi connectivity index (χ0n) is 16.5. The minimum absolute atomic E-state index is 0.0639. The second kappa shape index (κ2) is 9.38. The van der Waals surface area contributed by atoms with Crippen LogP contribution >= 0.6 is 15.9 Å². The minimum Gasteiger partial charge on any atom is -0.370 e. The van der Waals surface area contributed by atoms with Crippen molar-refractivity contribution in [2.24, 2.45) is 0 Å². The number of halogens is 1. The van der Waals surface area contributed by atoms with Gasteiger partial charge in [-0.05, 0) is 54.8 Å². The van der Waals surface area contributed by atoms with Gasteiger partial charge in [0.25, 0.3) is 0 Å². The van der Waals surface area contributed by atoms with Gasteiger partial charge in [0.15, 0.2) is 0 Å². The number of amides is 1. The van der Waals surface area contributed by atoms with Crippen LogP contribution in [0.3, 0.4) is 0 Å². The van der Waals surface area contributed by atoms with Crippen LogP contribution < -0.4 is 4.72 Å². The number of rotatable bonds is 6. The van der Waals surface area contributed by atoms with Crippen LogP contribution in [0.4, 0.5) is 0 Å². The Balaban J connectivity index is 1.54. The Morgan fingerprint density at radius 2 is 1.90 bits per heavy atom. The van der Waals surface area contributed by atoms with Gasteiger partial charge < -0.3 is 9.64 Å². The van der Waals surface area contributed by atoms with E-state index < -0.39 is 10.0 Å². The van der Waals surface area contributed by atoms with Gasteiger partial charge in [0, 0.05) is 24.0 Å². The molecule has 1 N–H and O–H groups in total. The molecule has 1 unspecified atom stereocenters. The second-order valence-corrected chi connectivity index (χ2v) is 9.83.